The zero-order valence-corrected chi connectivity index (χ0v) is 88.4. The molecule has 0 radical (unpaired) electrons. The molecule has 0 aromatic heterocycles. The number of para-hydroxylation sites is 1. The Morgan fingerprint density at radius 2 is 1.10 bits per heavy atom. The Balaban J connectivity index is 0.638. The molecule has 2 fully saturated rings. The number of likely N-dealkylation sites (N-methyl/N-ethyl adjacent to an activating group) is 1. The largest absolute Gasteiger partial charge is 0.508 e. The molecular formula is C109H166N17O21+. The minimum absolute atomic E-state index is 0.0158. The first kappa shape index (κ1) is 117. The number of allylic oxidation sites excluding steroid dienone is 1. The summed E-state index contributed by atoms with van der Waals surface area (Å²) in [5.41, 5.74) is 23.7. The number of amides is 11. The molecule has 147 heavy (non-hydrogen) atoms. The highest BCUT2D eigenvalue weighted by atomic mass is 16.6. The Kier molecular flexibility index (Phi) is 45.9. The second kappa shape index (κ2) is 57.9. The summed E-state index contributed by atoms with van der Waals surface area (Å²) in [5, 5.41) is 39.3. The van der Waals surface area contributed by atoms with Crippen molar-refractivity contribution >= 4 is 87.7 Å². The maximum atomic E-state index is 15.1. The van der Waals surface area contributed by atoms with Crippen LogP contribution in [0.5, 0.6) is 5.75 Å². The Bertz CT molecular complexity index is 5110. The number of benzene rings is 4. The predicted octanol–water partition coefficient (Wildman–Crippen LogP) is 8.20. The molecule has 10 atom stereocenters. The monoisotopic (exact) mass is 2050 g/mol. The Morgan fingerprint density at radius 3 is 1.71 bits per heavy atom. The van der Waals surface area contributed by atoms with Crippen LogP contribution in [0.25, 0.3) is 11.4 Å². The molecule has 2 heterocycles. The molecule has 2 aliphatic heterocycles. The topological polar surface area (TPSA) is 494 Å². The third-order valence-corrected chi connectivity index (χ3v) is 30.3. The number of nitrogens with one attached hydrogen (secondary N) is 12. The molecular weight excluding hydrogens is 1880 g/mol. The third-order valence-electron chi connectivity index (χ3n) is 30.3. The van der Waals surface area contributed by atoms with E-state index in [1.54, 1.807) is 24.8 Å². The SMILES string of the molecule is CN/C1=C(\NN)c2ccccc2N(C(=O)CCC(=O)NCCOCCOCCOCCOCCC(=O)N[C@H](CCCCNC(=O)COC2CCCCCC3=C2NNN3CCOCCOCCOCCOCCC(=O)NCC[N+](C)(C)C)C(=O)N[C@H](C(=O)C[C@@H](CCCNC(N)=O)C(=O)Nc2ccc3c(c2)[C@@]2(C)CCC[C@](C)(C(=O)NC(=O)[C@@]4(C)CCC[C@]5(C)c6cc(O)ccc6CC[C@@H]45)[C@@H]2CC3)C(C)C)Cc2ccccc21. The number of nitrogens with two attached hydrogens (primary N) is 2. The van der Waals surface area contributed by atoms with E-state index in [2.05, 4.69) is 99.2 Å². The Morgan fingerprint density at radius 1 is 0.531 bits per heavy atom. The average Bonchev–Trinajstić information content (AvgIpc) is 1.02. The number of Topliss-reactive ketones (excluding diaryl/α,β-unsaturated/α-hetero) is 1. The van der Waals surface area contributed by atoms with Crippen molar-refractivity contribution in [1.29, 1.82) is 0 Å². The summed E-state index contributed by atoms with van der Waals surface area (Å²) in [7, 11) is 8.05. The molecule has 0 saturated heterocycles. The molecule has 0 spiro atoms. The van der Waals surface area contributed by atoms with Gasteiger partial charge < -0.3 is 116 Å². The molecule has 5 aliphatic carbocycles. The molecule has 4 aromatic carbocycles. The van der Waals surface area contributed by atoms with Crippen LogP contribution in [0.4, 0.5) is 16.2 Å². The number of hydrogen-bond donors (Lipinski definition) is 15. The van der Waals surface area contributed by atoms with Gasteiger partial charge in [-0.25, -0.2) is 4.79 Å². The fourth-order valence-electron chi connectivity index (χ4n) is 22.3. The second-order valence-electron chi connectivity index (χ2n) is 42.1. The molecule has 4 aromatic rings. The number of unbranched alkanes of at least 4 members (excludes halogenated alkanes) is 1. The number of ketones is 1. The number of fused-ring (bicyclic) bond motifs is 8. The van der Waals surface area contributed by atoms with E-state index in [0.717, 1.165) is 126 Å². The third kappa shape index (κ3) is 33.6. The van der Waals surface area contributed by atoms with Gasteiger partial charge >= 0.3 is 6.03 Å². The van der Waals surface area contributed by atoms with E-state index in [1.165, 1.54) is 5.56 Å². The second-order valence-corrected chi connectivity index (χ2v) is 42.1. The van der Waals surface area contributed by atoms with Gasteiger partial charge in [-0.1, -0.05) is 122 Å². The highest BCUT2D eigenvalue weighted by Gasteiger charge is 2.59. The Hall–Kier alpha value is -10.8. The van der Waals surface area contributed by atoms with Gasteiger partial charge in [0.05, 0.1) is 198 Å². The van der Waals surface area contributed by atoms with Gasteiger partial charge in [-0.2, -0.15) is 0 Å². The van der Waals surface area contributed by atoms with Gasteiger partial charge in [0, 0.05) is 81.5 Å². The number of carbonyl (C=O) groups is 11. The van der Waals surface area contributed by atoms with Gasteiger partial charge in [0.15, 0.2) is 5.78 Å². The maximum Gasteiger partial charge on any atom is 0.312 e. The van der Waals surface area contributed by atoms with Crippen LogP contribution in [0, 0.1) is 34.5 Å². The van der Waals surface area contributed by atoms with Crippen molar-refractivity contribution in [2.24, 2.45) is 46.1 Å². The average molecular weight is 2050 g/mol. The fraction of sp³-hybridized carbons (Fsp3) is 0.642. The van der Waals surface area contributed by atoms with E-state index in [4.69, 9.17) is 54.2 Å². The van der Waals surface area contributed by atoms with Crippen LogP contribution in [0.1, 0.15) is 228 Å². The van der Waals surface area contributed by atoms with Crippen molar-refractivity contribution in [2.75, 3.05) is 190 Å². The molecule has 11 amide bonds. The van der Waals surface area contributed by atoms with Crippen molar-refractivity contribution in [3.8, 4) is 5.75 Å². The number of hydrazine groups is 3. The van der Waals surface area contributed by atoms with Crippen LogP contribution in [-0.2, 0) is 121 Å². The van der Waals surface area contributed by atoms with E-state index in [-0.39, 0.29) is 189 Å². The zero-order valence-electron chi connectivity index (χ0n) is 88.4. The van der Waals surface area contributed by atoms with Crippen LogP contribution in [-0.4, -0.2) is 278 Å². The minimum Gasteiger partial charge on any atom is -0.508 e. The smallest absolute Gasteiger partial charge is 0.312 e. The highest BCUT2D eigenvalue weighted by Crippen LogP contribution is 2.60. The maximum absolute atomic E-state index is 15.1. The number of phenolic OH excluding ortho intramolecular Hbond substituents is 1. The number of rotatable bonds is 61. The first-order chi connectivity index (χ1) is 70.7. The van der Waals surface area contributed by atoms with Crippen molar-refractivity contribution in [1.82, 2.24) is 63.9 Å². The van der Waals surface area contributed by atoms with Crippen LogP contribution >= 0.6 is 0 Å². The number of primary amides is 1. The summed E-state index contributed by atoms with van der Waals surface area (Å²) < 4.78 is 52.8. The van der Waals surface area contributed by atoms with Crippen molar-refractivity contribution in [3.05, 3.63) is 135 Å². The number of quaternary nitrogens is 1. The minimum atomic E-state index is -1.15. The van der Waals surface area contributed by atoms with E-state index >= 15 is 4.79 Å². The van der Waals surface area contributed by atoms with Crippen LogP contribution in [0.15, 0.2) is 96.3 Å². The first-order valence-electron chi connectivity index (χ1n) is 53.2. The predicted molar refractivity (Wildman–Crippen MR) is 558 cm³/mol. The summed E-state index contributed by atoms with van der Waals surface area (Å²) >= 11 is 0. The molecule has 0 bridgehead atoms. The lowest BCUT2D eigenvalue weighted by atomic mass is 9.49. The van der Waals surface area contributed by atoms with Crippen molar-refractivity contribution in [2.45, 2.75) is 238 Å². The molecule has 17 N–H and O–H groups in total. The van der Waals surface area contributed by atoms with Crippen LogP contribution < -0.4 is 80.7 Å². The van der Waals surface area contributed by atoms with Crippen LogP contribution in [0.2, 0.25) is 0 Å². The fourth-order valence-corrected chi connectivity index (χ4v) is 22.3. The number of nitrogens with zero attached hydrogens (tertiary/aromatic N) is 3. The molecule has 2 saturated carbocycles. The van der Waals surface area contributed by atoms with Gasteiger partial charge in [-0.05, 0) is 189 Å². The molecule has 1 unspecified atom stereocenters. The van der Waals surface area contributed by atoms with Gasteiger partial charge in [0.2, 0.25) is 53.2 Å². The molecule has 11 rings (SSSR count). The number of anilines is 2. The summed E-state index contributed by atoms with van der Waals surface area (Å²) in [6.07, 6.45) is 12.5. The van der Waals surface area contributed by atoms with Crippen molar-refractivity contribution in [3.63, 3.8) is 0 Å². The van der Waals surface area contributed by atoms with Gasteiger partial charge in [-0.3, -0.25) is 64.1 Å². The van der Waals surface area contributed by atoms with Gasteiger partial charge in [-0.15, -0.1) is 5.53 Å². The lowest BCUT2D eigenvalue weighted by molar-refractivity contribution is -0.869. The molecule has 7 aliphatic rings. The lowest BCUT2D eigenvalue weighted by Crippen LogP contribution is -2.60. The quantitative estimate of drug-likeness (QED) is 0.00650. The normalized spacial score (nSPS) is 21.6. The van der Waals surface area contributed by atoms with E-state index in [0.29, 0.717) is 141 Å². The lowest BCUT2D eigenvalue weighted by Gasteiger charge is -2.56. The number of phenols is 1. The molecule has 812 valence electrons. The summed E-state index contributed by atoms with van der Waals surface area (Å²) in [5.74, 6) is 1.23. The summed E-state index contributed by atoms with van der Waals surface area (Å²) in [6, 6.07) is 23.7. The van der Waals surface area contributed by atoms with E-state index < -0.39 is 69.7 Å². The first-order valence-corrected chi connectivity index (χ1v) is 53.2. The Labute approximate surface area is 866 Å². The standard InChI is InChI=1S/C109H165N17O21/c1-74(2)97(88(128)69-77(24-20-48-116-105(110)138)101(134)117-79-35-31-75-33-37-90-106(3,83(75)70-79)43-21-45-108(90,5)103(136)120-104(137)109(6)46-22-44-107(4)84-71-80(127)36-32-76(84)34-38-91(107)109)119-102(135)85(27-18-19-47-113-95(132)73-147-89-30-13-11-12-29-87-100(89)122-123-125(87)51-56-142-60-64-146-68-66-143-61-57-139-53-41-93(130)114-49-52-126(8,9)10)118-94(131)42-54-140-58-62-144-65-67-145-63-59-141-55-50-115-92(129)39-40-96(133)124-72-78-23-14-15-25-81(78)98(112-7)99(121-111)82-26-16-17-28-86(82)124/h14-17,23,25-26,28,31-32,35-36,70-71,74,77,85,89-91,97,112,121-123H,11-13,18-22,24,27,29-30,33-34,37-69,72-73,111H2,1-10H3,(H10-,110,113,114,115,116,117,118,119,120,127,129,130,131,132,134,135,136,137,138)/p+1/b99-98-/t77-,85-,89?,90-,91-,97+,106-,107-,108+,109+/m1/s1. The summed E-state index contributed by atoms with van der Waals surface area (Å²) in [4.78, 5) is 155. The number of aromatic hydroxyl groups is 1. The van der Waals surface area contributed by atoms with E-state index in [1.807, 2.05) is 105 Å². The van der Waals surface area contributed by atoms with Gasteiger partial charge in [0.25, 0.3) is 0 Å². The zero-order chi connectivity index (χ0) is 106. The highest BCUT2D eigenvalue weighted by molar-refractivity contribution is 6.03. The number of carbonyl (C=O) groups excluding carboxylic acids is 11. The number of hydrogen-bond acceptors (Lipinski definition) is 27. The number of urea groups is 1. The van der Waals surface area contributed by atoms with Crippen molar-refractivity contribution < 1.29 is 105 Å². The number of imide groups is 1. The number of aryl methyl sites for hydroxylation is 2. The van der Waals surface area contributed by atoms with Gasteiger partial charge in [0.1, 0.15) is 24.5 Å². The molecule has 38 nitrogen and oxygen atoms in total. The molecule has 38 heteroatoms. The van der Waals surface area contributed by atoms with Crippen LogP contribution in [0.3, 0.4) is 0 Å². The summed E-state index contributed by atoms with van der Waals surface area (Å²) in [6.45, 7) is 19.4. The van der Waals surface area contributed by atoms with E-state index in [9.17, 15) is 53.1 Å². The number of ether oxygens (including phenoxy) is 9.